The quantitative estimate of drug-likeness (QED) is 0.166. The second-order valence-electron chi connectivity index (χ2n) is 26.9. The summed E-state index contributed by atoms with van der Waals surface area (Å²) in [6.07, 6.45) is 35.1. The third-order valence-corrected chi connectivity index (χ3v) is 23.4. The van der Waals surface area contributed by atoms with Crippen LogP contribution >= 0.6 is 0 Å². The first-order chi connectivity index (χ1) is 37.9. The average Bonchev–Trinajstić information content (AvgIpc) is 4.12. The summed E-state index contributed by atoms with van der Waals surface area (Å²) in [4.78, 5) is 5.41. The molecular formula is C73H72N2O2. The summed E-state index contributed by atoms with van der Waals surface area (Å²) in [5.41, 5.74) is 26.4. The van der Waals surface area contributed by atoms with Crippen LogP contribution < -0.4 is 9.80 Å². The van der Waals surface area contributed by atoms with Gasteiger partial charge < -0.3 is 18.6 Å². The molecular weight excluding hydrogens is 937 g/mol. The Bertz CT molecular complexity index is 3900. The third kappa shape index (κ3) is 6.17. The van der Waals surface area contributed by atoms with Gasteiger partial charge >= 0.3 is 0 Å². The van der Waals surface area contributed by atoms with E-state index in [1.54, 1.807) is 33.4 Å². The Kier molecular flexibility index (Phi) is 9.39. The van der Waals surface area contributed by atoms with Crippen molar-refractivity contribution >= 4 is 66.6 Å². The average molecular weight is 1010 g/mol. The van der Waals surface area contributed by atoms with Gasteiger partial charge in [0.15, 0.2) is 0 Å². The molecule has 5 aromatic carbocycles. The highest BCUT2D eigenvalue weighted by Gasteiger charge is 2.67. The van der Waals surface area contributed by atoms with Gasteiger partial charge in [-0.15, -0.1) is 0 Å². The summed E-state index contributed by atoms with van der Waals surface area (Å²) >= 11 is 0. The lowest BCUT2D eigenvalue weighted by Crippen LogP contribution is -2.42. The Morgan fingerprint density at radius 2 is 1.10 bits per heavy atom. The molecule has 6 bridgehead atoms. The molecule has 12 aliphatic carbocycles. The number of allylic oxidation sites excluding steroid dienone is 10. The molecule has 2 heterocycles. The van der Waals surface area contributed by atoms with Gasteiger partial charge in [0.25, 0.3) is 0 Å². The van der Waals surface area contributed by atoms with E-state index in [0.717, 1.165) is 79.9 Å². The van der Waals surface area contributed by atoms with Crippen LogP contribution in [-0.2, 0) is 0 Å². The highest BCUT2D eigenvalue weighted by Crippen LogP contribution is 2.76. The topological polar surface area (TPSA) is 32.8 Å². The van der Waals surface area contributed by atoms with Gasteiger partial charge in [-0.05, 0) is 253 Å². The first-order valence-electron chi connectivity index (χ1n) is 30.7. The van der Waals surface area contributed by atoms with Crippen LogP contribution in [0.4, 0.5) is 22.7 Å². The molecule has 386 valence electrons. The van der Waals surface area contributed by atoms with Crippen LogP contribution in [0.15, 0.2) is 175 Å². The van der Waals surface area contributed by atoms with Gasteiger partial charge in [0.05, 0.1) is 0 Å². The fourth-order valence-electron chi connectivity index (χ4n) is 20.7. The molecule has 10 atom stereocenters. The van der Waals surface area contributed by atoms with Crippen molar-refractivity contribution in [2.24, 2.45) is 46.3 Å². The first-order valence-corrected chi connectivity index (χ1v) is 30.7. The molecule has 12 aliphatic rings. The van der Waals surface area contributed by atoms with Gasteiger partial charge in [0, 0.05) is 79.3 Å². The lowest BCUT2D eigenvalue weighted by Gasteiger charge is -2.50. The van der Waals surface area contributed by atoms with E-state index in [2.05, 4.69) is 145 Å². The largest absolute Gasteiger partial charge is 0.456 e. The smallest absolute Gasteiger partial charge is 0.137 e. The lowest BCUT2D eigenvalue weighted by atomic mass is 9.56. The second kappa shape index (κ2) is 16.2. The molecule has 19 rings (SSSR count). The molecule has 4 heteroatoms. The van der Waals surface area contributed by atoms with Gasteiger partial charge in [-0.1, -0.05) is 83.7 Å². The zero-order valence-corrected chi connectivity index (χ0v) is 45.3. The zero-order valence-electron chi connectivity index (χ0n) is 45.3. The maximum absolute atomic E-state index is 7.02. The molecule has 6 fully saturated rings. The SMILES string of the molecule is Cc1ccc(N(c2ccc3c(c2)oc2cc4c(cc23)oc2cc(N(c3ccc(C)cc3)C3CCC5=C(C3)C3(C6=C5CCC=C6)C5CC6CC(C5)C3C6)ccc24)C2CCC3=C(C2)C2CC4CCCC2(C4)C2=C3CCC=C2)cc1. The lowest BCUT2D eigenvalue weighted by molar-refractivity contribution is 0.144. The fourth-order valence-corrected chi connectivity index (χ4v) is 20.7. The predicted octanol–water partition coefficient (Wildman–Crippen LogP) is 19.6. The number of hydrogen-bond acceptors (Lipinski definition) is 4. The van der Waals surface area contributed by atoms with E-state index in [1.165, 1.54) is 149 Å². The standard InChI is InChI=1S/C73H72N2O2/c1-42-13-17-48(18-14-42)74(50-21-25-54-55-9-3-5-11-63(55)72-29-7-8-44(41-72)32-66(72)60(54)35-50)52-23-27-58-61-39-71-62(40-70(61)76-68(58)37-52)59-28-24-53(38-69(59)77-71)75(49-19-15-43(2)16-20-49)51-22-26-57-56-10-4-6-12-64(56)73(67(57)36-51)47-31-45-30-46(34-47)65(73)33-45/h5-6,11-20,23-24,27-28,37-40,44-47,50-51,65-66H,3-4,7-10,21-22,25-26,29-36,41H2,1-2H3. The maximum atomic E-state index is 7.02. The Morgan fingerprint density at radius 1 is 0.506 bits per heavy atom. The van der Waals surface area contributed by atoms with Crippen molar-refractivity contribution in [3.05, 3.63) is 177 Å². The minimum Gasteiger partial charge on any atom is -0.456 e. The number of hydrogen-bond donors (Lipinski definition) is 0. The molecule has 2 aromatic heterocycles. The van der Waals surface area contributed by atoms with Crippen molar-refractivity contribution in [2.75, 3.05) is 9.80 Å². The maximum Gasteiger partial charge on any atom is 0.137 e. The monoisotopic (exact) mass is 1010 g/mol. The summed E-state index contributed by atoms with van der Waals surface area (Å²) in [7, 11) is 0. The van der Waals surface area contributed by atoms with Gasteiger partial charge in [0.2, 0.25) is 0 Å². The van der Waals surface area contributed by atoms with Crippen LogP contribution in [0, 0.1) is 60.2 Å². The molecule has 0 radical (unpaired) electrons. The summed E-state index contributed by atoms with van der Waals surface area (Å²) in [5, 5.41) is 4.55. The predicted molar refractivity (Wildman–Crippen MR) is 315 cm³/mol. The van der Waals surface area contributed by atoms with Crippen LogP contribution in [0.1, 0.15) is 133 Å². The van der Waals surface area contributed by atoms with Crippen LogP contribution in [0.2, 0.25) is 0 Å². The van der Waals surface area contributed by atoms with E-state index in [0.29, 0.717) is 28.8 Å². The van der Waals surface area contributed by atoms with Crippen molar-refractivity contribution in [1.82, 2.24) is 0 Å². The number of aryl methyl sites for hydroxylation is 2. The zero-order chi connectivity index (χ0) is 50.5. The van der Waals surface area contributed by atoms with Crippen molar-refractivity contribution in [3.8, 4) is 0 Å². The van der Waals surface area contributed by atoms with E-state index in [1.807, 2.05) is 11.1 Å². The van der Waals surface area contributed by atoms with Crippen molar-refractivity contribution in [1.29, 1.82) is 0 Å². The summed E-state index contributed by atoms with van der Waals surface area (Å²) in [5.74, 6) is 5.19. The molecule has 0 saturated heterocycles. The summed E-state index contributed by atoms with van der Waals surface area (Å²) in [6, 6.07) is 38.2. The van der Waals surface area contributed by atoms with E-state index < -0.39 is 0 Å². The molecule has 2 spiro atoms. The molecule has 77 heavy (non-hydrogen) atoms. The highest BCUT2D eigenvalue weighted by molar-refractivity contribution is 6.15. The summed E-state index contributed by atoms with van der Waals surface area (Å²) in [6.45, 7) is 4.43. The fraction of sp³-hybridized carbons (Fsp3) is 0.425. The molecule has 4 nitrogen and oxygen atoms in total. The molecule has 0 aliphatic heterocycles. The summed E-state index contributed by atoms with van der Waals surface area (Å²) < 4.78 is 14.0. The van der Waals surface area contributed by atoms with Gasteiger partial charge in [-0.3, -0.25) is 0 Å². The number of furan rings is 2. The molecule has 10 unspecified atom stereocenters. The third-order valence-electron chi connectivity index (χ3n) is 23.4. The minimum absolute atomic E-state index is 0.295. The number of nitrogens with zero attached hydrogens (tertiary/aromatic N) is 2. The van der Waals surface area contributed by atoms with E-state index in [4.69, 9.17) is 8.83 Å². The number of fused-ring (bicyclic) bond motifs is 10. The van der Waals surface area contributed by atoms with E-state index in [-0.39, 0.29) is 0 Å². The van der Waals surface area contributed by atoms with Crippen LogP contribution in [-0.4, -0.2) is 12.1 Å². The number of anilines is 4. The Morgan fingerprint density at radius 3 is 1.77 bits per heavy atom. The Labute approximate surface area is 454 Å². The van der Waals surface area contributed by atoms with Crippen molar-refractivity contribution < 1.29 is 8.83 Å². The molecule has 6 saturated carbocycles. The van der Waals surface area contributed by atoms with Gasteiger partial charge in [-0.2, -0.15) is 0 Å². The molecule has 0 amide bonds. The van der Waals surface area contributed by atoms with Gasteiger partial charge in [0.1, 0.15) is 22.3 Å². The highest BCUT2D eigenvalue weighted by atomic mass is 16.3. The number of rotatable bonds is 6. The van der Waals surface area contributed by atoms with Crippen LogP contribution in [0.3, 0.4) is 0 Å². The normalized spacial score (nSPS) is 32.4. The second-order valence-corrected chi connectivity index (χ2v) is 26.9. The Hall–Kier alpha value is -6.26. The molecule has 7 aromatic rings. The van der Waals surface area contributed by atoms with E-state index >= 15 is 0 Å². The van der Waals surface area contributed by atoms with Crippen LogP contribution in [0.25, 0.3) is 43.9 Å². The number of benzene rings is 5. The van der Waals surface area contributed by atoms with Crippen LogP contribution in [0.5, 0.6) is 0 Å². The minimum atomic E-state index is 0.295. The van der Waals surface area contributed by atoms with Crippen molar-refractivity contribution in [2.45, 2.75) is 148 Å². The van der Waals surface area contributed by atoms with Crippen molar-refractivity contribution in [3.63, 3.8) is 0 Å². The molecule has 0 N–H and O–H groups in total. The Balaban J connectivity index is 0.696. The van der Waals surface area contributed by atoms with E-state index in [9.17, 15) is 0 Å². The van der Waals surface area contributed by atoms with Gasteiger partial charge in [-0.25, -0.2) is 0 Å². The first kappa shape index (κ1) is 44.7.